The Bertz CT molecular complexity index is 727. The van der Waals surface area contributed by atoms with Crippen LogP contribution in [0.5, 0.6) is 0 Å². The highest BCUT2D eigenvalue weighted by Gasteiger charge is 2.19. The van der Waals surface area contributed by atoms with Crippen molar-refractivity contribution in [3.63, 3.8) is 0 Å². The van der Waals surface area contributed by atoms with Crippen molar-refractivity contribution in [1.29, 1.82) is 0 Å². The van der Waals surface area contributed by atoms with E-state index in [0.29, 0.717) is 0 Å². The average molecular weight is 306 g/mol. The summed E-state index contributed by atoms with van der Waals surface area (Å²) >= 11 is 0. The van der Waals surface area contributed by atoms with E-state index < -0.39 is 21.0 Å². The fraction of sp³-hybridized carbons (Fsp3) is 0.143. The van der Waals surface area contributed by atoms with E-state index in [1.807, 2.05) is 30.3 Å². The first-order valence-electron chi connectivity index (χ1n) is 6.22. The van der Waals surface area contributed by atoms with E-state index in [9.17, 15) is 18.5 Å². The SMILES string of the molecule is C[C@H](NS(=O)(=O)c1ccc([N+](=O)[O-])cc1)c1ccccc1. The quantitative estimate of drug-likeness (QED) is 0.679. The predicted molar refractivity (Wildman–Crippen MR) is 78.3 cm³/mol. The Kier molecular flexibility index (Phi) is 4.35. The van der Waals surface area contributed by atoms with Gasteiger partial charge in [0.15, 0.2) is 0 Å². The van der Waals surface area contributed by atoms with E-state index in [0.717, 1.165) is 5.56 Å². The van der Waals surface area contributed by atoms with E-state index in [1.54, 1.807) is 6.92 Å². The maximum Gasteiger partial charge on any atom is 0.269 e. The number of rotatable bonds is 5. The number of sulfonamides is 1. The molecule has 0 aromatic heterocycles. The lowest BCUT2D eigenvalue weighted by molar-refractivity contribution is -0.384. The van der Waals surface area contributed by atoms with Gasteiger partial charge in [0.1, 0.15) is 0 Å². The van der Waals surface area contributed by atoms with Gasteiger partial charge in [-0.1, -0.05) is 30.3 Å². The maximum atomic E-state index is 12.2. The molecule has 21 heavy (non-hydrogen) atoms. The van der Waals surface area contributed by atoms with Crippen LogP contribution in [0.2, 0.25) is 0 Å². The summed E-state index contributed by atoms with van der Waals surface area (Å²) < 4.78 is 27.0. The van der Waals surface area contributed by atoms with Crippen LogP contribution in [0, 0.1) is 10.1 Å². The van der Waals surface area contributed by atoms with Crippen LogP contribution >= 0.6 is 0 Å². The van der Waals surface area contributed by atoms with E-state index in [2.05, 4.69) is 4.72 Å². The van der Waals surface area contributed by atoms with Gasteiger partial charge < -0.3 is 0 Å². The molecule has 0 fully saturated rings. The normalized spacial score (nSPS) is 12.8. The Morgan fingerprint density at radius 2 is 1.62 bits per heavy atom. The number of hydrogen-bond donors (Lipinski definition) is 1. The standard InChI is InChI=1S/C14H14N2O4S/c1-11(12-5-3-2-4-6-12)15-21(19,20)14-9-7-13(8-10-14)16(17)18/h2-11,15H,1H3/t11-/m0/s1. The number of hydrogen-bond acceptors (Lipinski definition) is 4. The molecule has 0 saturated heterocycles. The molecular weight excluding hydrogens is 292 g/mol. The van der Waals surface area contributed by atoms with Crippen molar-refractivity contribution in [3.8, 4) is 0 Å². The Morgan fingerprint density at radius 3 is 2.14 bits per heavy atom. The van der Waals surface area contributed by atoms with Crippen LogP contribution in [0.4, 0.5) is 5.69 Å². The fourth-order valence-corrected chi connectivity index (χ4v) is 3.09. The second kappa shape index (κ2) is 6.02. The second-order valence-electron chi connectivity index (χ2n) is 4.50. The number of non-ortho nitro benzene ring substituents is 1. The zero-order chi connectivity index (χ0) is 15.5. The minimum absolute atomic E-state index is 0.00381. The molecule has 6 nitrogen and oxygen atoms in total. The molecule has 2 aromatic carbocycles. The van der Waals surface area contributed by atoms with E-state index in [-0.39, 0.29) is 10.6 Å². The van der Waals surface area contributed by atoms with Crippen LogP contribution in [0.15, 0.2) is 59.5 Å². The highest BCUT2D eigenvalue weighted by molar-refractivity contribution is 7.89. The monoisotopic (exact) mass is 306 g/mol. The molecule has 0 radical (unpaired) electrons. The van der Waals surface area contributed by atoms with Crippen LogP contribution in [0.25, 0.3) is 0 Å². The molecule has 2 rings (SSSR count). The first-order valence-corrected chi connectivity index (χ1v) is 7.70. The van der Waals surface area contributed by atoms with Crippen LogP contribution in [0.1, 0.15) is 18.5 Å². The molecule has 1 N–H and O–H groups in total. The molecule has 110 valence electrons. The molecule has 0 amide bonds. The third-order valence-corrected chi connectivity index (χ3v) is 4.55. The number of nitro benzene ring substituents is 1. The molecule has 0 bridgehead atoms. The lowest BCUT2D eigenvalue weighted by atomic mass is 10.1. The summed E-state index contributed by atoms with van der Waals surface area (Å²) in [5, 5.41) is 10.6. The zero-order valence-corrected chi connectivity index (χ0v) is 12.1. The van der Waals surface area contributed by atoms with E-state index in [1.165, 1.54) is 24.3 Å². The summed E-state index contributed by atoms with van der Waals surface area (Å²) in [5.74, 6) is 0. The van der Waals surface area contributed by atoms with Crippen LogP contribution in [0.3, 0.4) is 0 Å². The lowest BCUT2D eigenvalue weighted by Crippen LogP contribution is -2.26. The Hall–Kier alpha value is -2.25. The predicted octanol–water partition coefficient (Wildman–Crippen LogP) is 2.63. The van der Waals surface area contributed by atoms with E-state index in [4.69, 9.17) is 0 Å². The van der Waals surface area contributed by atoms with Gasteiger partial charge in [-0.05, 0) is 24.6 Å². The maximum absolute atomic E-state index is 12.2. The summed E-state index contributed by atoms with van der Waals surface area (Å²) in [6, 6.07) is 13.5. The van der Waals surface area contributed by atoms with Gasteiger partial charge in [0.2, 0.25) is 10.0 Å². The highest BCUT2D eigenvalue weighted by Crippen LogP contribution is 2.19. The van der Waals surface area contributed by atoms with Gasteiger partial charge in [-0.15, -0.1) is 0 Å². The van der Waals surface area contributed by atoms with Crippen molar-refractivity contribution in [2.24, 2.45) is 0 Å². The first-order chi connectivity index (χ1) is 9.90. The first kappa shape index (κ1) is 15.1. The Labute approximate surface area is 122 Å². The van der Waals surface area contributed by atoms with Crippen LogP contribution < -0.4 is 4.72 Å². The lowest BCUT2D eigenvalue weighted by Gasteiger charge is -2.14. The Morgan fingerprint density at radius 1 is 1.05 bits per heavy atom. The third-order valence-electron chi connectivity index (χ3n) is 2.99. The molecule has 2 aromatic rings. The molecule has 7 heteroatoms. The number of nitro groups is 1. The largest absolute Gasteiger partial charge is 0.269 e. The summed E-state index contributed by atoms with van der Waals surface area (Å²) in [4.78, 5) is 9.99. The van der Waals surface area contributed by atoms with Gasteiger partial charge >= 0.3 is 0 Å². The molecule has 0 aliphatic heterocycles. The summed E-state index contributed by atoms with van der Waals surface area (Å²) in [7, 11) is -3.72. The molecule has 0 aliphatic rings. The molecule has 0 spiro atoms. The minimum atomic E-state index is -3.72. The second-order valence-corrected chi connectivity index (χ2v) is 6.22. The van der Waals surface area contributed by atoms with Crippen molar-refractivity contribution < 1.29 is 13.3 Å². The van der Waals surface area contributed by atoms with Gasteiger partial charge in [0.05, 0.1) is 9.82 Å². The molecular formula is C14H14N2O4S. The topological polar surface area (TPSA) is 89.3 Å². The van der Waals surface area contributed by atoms with E-state index >= 15 is 0 Å². The average Bonchev–Trinajstić information content (AvgIpc) is 2.48. The number of nitrogens with zero attached hydrogens (tertiary/aromatic N) is 1. The third kappa shape index (κ3) is 3.65. The molecule has 0 saturated carbocycles. The van der Waals surface area contributed by atoms with Gasteiger partial charge in [0, 0.05) is 18.2 Å². The molecule has 1 atom stereocenters. The number of benzene rings is 2. The highest BCUT2D eigenvalue weighted by atomic mass is 32.2. The smallest absolute Gasteiger partial charge is 0.258 e. The fourth-order valence-electron chi connectivity index (χ4n) is 1.86. The number of nitrogens with one attached hydrogen (secondary N) is 1. The van der Waals surface area contributed by atoms with Crippen LogP contribution in [-0.4, -0.2) is 13.3 Å². The summed E-state index contributed by atoms with van der Waals surface area (Å²) in [5.41, 5.74) is 0.688. The van der Waals surface area contributed by atoms with Gasteiger partial charge in [-0.3, -0.25) is 10.1 Å². The Balaban J connectivity index is 2.20. The van der Waals surface area contributed by atoms with Gasteiger partial charge in [-0.2, -0.15) is 0 Å². The molecule has 0 unspecified atom stereocenters. The van der Waals surface area contributed by atoms with Crippen molar-refractivity contribution in [2.75, 3.05) is 0 Å². The minimum Gasteiger partial charge on any atom is -0.258 e. The van der Waals surface area contributed by atoms with Crippen molar-refractivity contribution >= 4 is 15.7 Å². The van der Waals surface area contributed by atoms with Crippen molar-refractivity contribution in [2.45, 2.75) is 17.9 Å². The molecule has 0 heterocycles. The molecule has 0 aliphatic carbocycles. The summed E-state index contributed by atoms with van der Waals surface area (Å²) in [6.45, 7) is 1.73. The zero-order valence-electron chi connectivity index (χ0n) is 11.3. The summed E-state index contributed by atoms with van der Waals surface area (Å²) in [6.07, 6.45) is 0. The van der Waals surface area contributed by atoms with Crippen LogP contribution in [-0.2, 0) is 10.0 Å². The van der Waals surface area contributed by atoms with Crippen molar-refractivity contribution in [1.82, 2.24) is 4.72 Å². The van der Waals surface area contributed by atoms with Gasteiger partial charge in [0.25, 0.3) is 5.69 Å². The van der Waals surface area contributed by atoms with Gasteiger partial charge in [-0.25, -0.2) is 13.1 Å². The van der Waals surface area contributed by atoms with Crippen molar-refractivity contribution in [3.05, 3.63) is 70.3 Å².